The summed E-state index contributed by atoms with van der Waals surface area (Å²) in [5, 5.41) is 10.7. The summed E-state index contributed by atoms with van der Waals surface area (Å²) in [4.78, 5) is 26.5. The van der Waals surface area contributed by atoms with Gasteiger partial charge in [0.15, 0.2) is 0 Å². The maximum absolute atomic E-state index is 13.5. The molecular formula is C27H24N4O3. The lowest BCUT2D eigenvalue weighted by atomic mass is 9.81. The molecule has 0 saturated carbocycles. The van der Waals surface area contributed by atoms with Crippen molar-refractivity contribution in [3.05, 3.63) is 107 Å². The molecule has 2 N–H and O–H groups in total. The lowest BCUT2D eigenvalue weighted by Crippen LogP contribution is -2.50. The van der Waals surface area contributed by atoms with Gasteiger partial charge in [-0.2, -0.15) is 5.10 Å². The number of carbonyl (C=O) groups is 2. The Morgan fingerprint density at radius 2 is 1.71 bits per heavy atom. The van der Waals surface area contributed by atoms with Crippen LogP contribution in [0.2, 0.25) is 0 Å². The van der Waals surface area contributed by atoms with Gasteiger partial charge in [0.1, 0.15) is 17.6 Å². The van der Waals surface area contributed by atoms with Crippen LogP contribution in [0.25, 0.3) is 5.69 Å². The number of hydrogen-bond acceptors (Lipinski definition) is 4. The van der Waals surface area contributed by atoms with Crippen molar-refractivity contribution in [2.45, 2.75) is 18.9 Å². The third-order valence-electron chi connectivity index (χ3n) is 6.05. The fourth-order valence-electron chi connectivity index (χ4n) is 4.46. The van der Waals surface area contributed by atoms with Crippen molar-refractivity contribution in [2.75, 3.05) is 12.4 Å². The Labute approximate surface area is 197 Å². The third kappa shape index (κ3) is 3.81. The fourth-order valence-corrected chi connectivity index (χ4v) is 4.46. The molecule has 0 saturated heterocycles. The third-order valence-corrected chi connectivity index (χ3v) is 6.05. The molecule has 2 amide bonds. The van der Waals surface area contributed by atoms with Crippen LogP contribution in [0.1, 0.15) is 33.1 Å². The van der Waals surface area contributed by atoms with Crippen molar-refractivity contribution in [1.29, 1.82) is 0 Å². The lowest BCUT2D eigenvalue weighted by Gasteiger charge is -2.33. The smallest absolute Gasteiger partial charge is 0.251 e. The van der Waals surface area contributed by atoms with Crippen LogP contribution in [0.3, 0.4) is 0 Å². The van der Waals surface area contributed by atoms with Crippen LogP contribution < -0.4 is 15.4 Å². The molecule has 1 aliphatic heterocycles. The predicted octanol–water partition coefficient (Wildman–Crippen LogP) is 4.07. The number of anilines is 1. The quantitative estimate of drug-likeness (QED) is 0.478. The van der Waals surface area contributed by atoms with Gasteiger partial charge in [0.25, 0.3) is 5.91 Å². The number of methoxy groups -OCH3 is 1. The Morgan fingerprint density at radius 1 is 1.00 bits per heavy atom. The highest BCUT2D eigenvalue weighted by Crippen LogP contribution is 2.41. The minimum absolute atomic E-state index is 0.304. The first kappa shape index (κ1) is 21.5. The standard InChI is InChI=1S/C27H24N4O3/c1-17-22-23(19-12-9-15-21(16-19)34-2)24(28-26(32)18-10-5-3-6-11-18)27(33)29-25(22)31(30-17)20-13-7-4-8-14-20/h3-16,23-24H,1-2H3,(H,28,32)(H,29,33). The average Bonchev–Trinajstić information content (AvgIpc) is 3.21. The number of fused-ring (bicyclic) bond motifs is 1. The van der Waals surface area contributed by atoms with E-state index in [9.17, 15) is 9.59 Å². The summed E-state index contributed by atoms with van der Waals surface area (Å²) in [6.45, 7) is 1.92. The van der Waals surface area contributed by atoms with Crippen LogP contribution in [0, 0.1) is 6.92 Å². The zero-order valence-electron chi connectivity index (χ0n) is 18.9. The maximum Gasteiger partial charge on any atom is 0.251 e. The first-order chi connectivity index (χ1) is 16.6. The van der Waals surface area contributed by atoms with Gasteiger partial charge in [0, 0.05) is 17.0 Å². The SMILES string of the molecule is COc1cccc(C2c3c(C)nn(-c4ccccc4)c3NC(=O)C2NC(=O)c2ccccc2)c1. The molecule has 1 aromatic heterocycles. The van der Waals surface area contributed by atoms with E-state index in [4.69, 9.17) is 9.84 Å². The number of carbonyl (C=O) groups excluding carboxylic acids is 2. The number of amides is 2. The van der Waals surface area contributed by atoms with Crippen molar-refractivity contribution >= 4 is 17.6 Å². The number of rotatable bonds is 5. The molecule has 34 heavy (non-hydrogen) atoms. The largest absolute Gasteiger partial charge is 0.497 e. The Kier molecular flexibility index (Phi) is 5.59. The van der Waals surface area contributed by atoms with Gasteiger partial charge in [-0.05, 0) is 48.9 Å². The van der Waals surface area contributed by atoms with E-state index in [1.165, 1.54) is 0 Å². The first-order valence-electron chi connectivity index (χ1n) is 11.0. The van der Waals surface area contributed by atoms with Gasteiger partial charge in [-0.25, -0.2) is 4.68 Å². The van der Waals surface area contributed by atoms with Gasteiger partial charge in [-0.15, -0.1) is 0 Å². The Hall–Kier alpha value is -4.39. The number of nitrogens with one attached hydrogen (secondary N) is 2. The maximum atomic E-state index is 13.5. The molecular weight excluding hydrogens is 428 g/mol. The average molecular weight is 453 g/mol. The van der Waals surface area contributed by atoms with E-state index in [2.05, 4.69) is 10.6 Å². The van der Waals surface area contributed by atoms with Crippen molar-refractivity contribution in [2.24, 2.45) is 0 Å². The fraction of sp³-hybridized carbons (Fsp3) is 0.148. The minimum Gasteiger partial charge on any atom is -0.497 e. The Bertz CT molecular complexity index is 1350. The van der Waals surface area contributed by atoms with Crippen LogP contribution in [-0.2, 0) is 4.79 Å². The van der Waals surface area contributed by atoms with Gasteiger partial charge < -0.3 is 15.4 Å². The van der Waals surface area contributed by atoms with Crippen LogP contribution in [0.4, 0.5) is 5.82 Å². The first-order valence-corrected chi connectivity index (χ1v) is 11.0. The molecule has 0 bridgehead atoms. The summed E-state index contributed by atoms with van der Waals surface area (Å²) in [7, 11) is 1.60. The summed E-state index contributed by atoms with van der Waals surface area (Å²) >= 11 is 0. The van der Waals surface area contributed by atoms with E-state index in [0.29, 0.717) is 17.1 Å². The number of para-hydroxylation sites is 1. The molecule has 2 heterocycles. The topological polar surface area (TPSA) is 85.2 Å². The summed E-state index contributed by atoms with van der Waals surface area (Å²) in [6, 6.07) is 25.3. The zero-order chi connectivity index (χ0) is 23.7. The van der Waals surface area contributed by atoms with Crippen molar-refractivity contribution in [1.82, 2.24) is 15.1 Å². The van der Waals surface area contributed by atoms with Crippen molar-refractivity contribution in [3.8, 4) is 11.4 Å². The molecule has 0 radical (unpaired) electrons. The van der Waals surface area contributed by atoms with E-state index in [-0.39, 0.29) is 11.8 Å². The van der Waals surface area contributed by atoms with Crippen LogP contribution in [0.5, 0.6) is 5.75 Å². The highest BCUT2D eigenvalue weighted by Gasteiger charge is 2.42. The van der Waals surface area contributed by atoms with E-state index in [0.717, 1.165) is 22.5 Å². The van der Waals surface area contributed by atoms with Gasteiger partial charge in [-0.1, -0.05) is 48.5 Å². The Morgan fingerprint density at radius 3 is 2.41 bits per heavy atom. The molecule has 170 valence electrons. The van der Waals surface area contributed by atoms with Gasteiger partial charge >= 0.3 is 0 Å². The van der Waals surface area contributed by atoms with E-state index in [1.54, 1.807) is 36.1 Å². The number of benzene rings is 3. The molecule has 3 aromatic carbocycles. The molecule has 0 aliphatic carbocycles. The molecule has 0 fully saturated rings. The van der Waals surface area contributed by atoms with Crippen molar-refractivity contribution in [3.63, 3.8) is 0 Å². The second-order valence-electron chi connectivity index (χ2n) is 8.16. The number of ether oxygens (including phenoxy) is 1. The van der Waals surface area contributed by atoms with Gasteiger partial charge in [0.2, 0.25) is 5.91 Å². The number of hydrogen-bond donors (Lipinski definition) is 2. The summed E-state index contributed by atoms with van der Waals surface area (Å²) in [5.41, 5.74) is 3.80. The molecule has 5 rings (SSSR count). The highest BCUT2D eigenvalue weighted by atomic mass is 16.5. The second-order valence-corrected chi connectivity index (χ2v) is 8.16. The normalized spacial score (nSPS) is 16.9. The number of nitrogens with zero attached hydrogens (tertiary/aromatic N) is 2. The number of aryl methyl sites for hydroxylation is 1. The zero-order valence-corrected chi connectivity index (χ0v) is 18.9. The van der Waals surface area contributed by atoms with Crippen molar-refractivity contribution < 1.29 is 14.3 Å². The molecule has 7 heteroatoms. The van der Waals surface area contributed by atoms with E-state index < -0.39 is 12.0 Å². The Balaban J connectivity index is 1.64. The predicted molar refractivity (Wildman–Crippen MR) is 129 cm³/mol. The molecule has 1 aliphatic rings. The number of aromatic nitrogens is 2. The molecule has 2 unspecified atom stereocenters. The molecule has 0 spiro atoms. The second kappa shape index (κ2) is 8.86. The summed E-state index contributed by atoms with van der Waals surface area (Å²) in [5.74, 6) is 0.203. The monoisotopic (exact) mass is 452 g/mol. The summed E-state index contributed by atoms with van der Waals surface area (Å²) < 4.78 is 7.18. The van der Waals surface area contributed by atoms with Gasteiger partial charge in [0.05, 0.1) is 18.5 Å². The molecule has 2 atom stereocenters. The minimum atomic E-state index is -0.834. The van der Waals surface area contributed by atoms with Crippen LogP contribution in [-0.4, -0.2) is 34.7 Å². The van der Waals surface area contributed by atoms with Gasteiger partial charge in [-0.3, -0.25) is 9.59 Å². The summed E-state index contributed by atoms with van der Waals surface area (Å²) in [6.07, 6.45) is 0. The molecule has 7 nitrogen and oxygen atoms in total. The van der Waals surface area contributed by atoms with E-state index >= 15 is 0 Å². The highest BCUT2D eigenvalue weighted by molar-refractivity contribution is 6.04. The lowest BCUT2D eigenvalue weighted by molar-refractivity contribution is -0.118. The van der Waals surface area contributed by atoms with E-state index in [1.807, 2.05) is 67.6 Å². The van der Waals surface area contributed by atoms with Crippen LogP contribution >= 0.6 is 0 Å². The van der Waals surface area contributed by atoms with Crippen LogP contribution in [0.15, 0.2) is 84.9 Å². The molecule has 4 aromatic rings.